The molecule has 1 aliphatic rings. The molecule has 6 heteroatoms. The van der Waals surface area contributed by atoms with Crippen molar-refractivity contribution >= 4 is 11.9 Å². The van der Waals surface area contributed by atoms with Crippen LogP contribution in [0, 0.1) is 11.6 Å². The van der Waals surface area contributed by atoms with Gasteiger partial charge in [-0.25, -0.2) is 8.78 Å². The Morgan fingerprint density at radius 3 is 2.38 bits per heavy atom. The largest absolute Gasteiger partial charge is 0.481 e. The van der Waals surface area contributed by atoms with Crippen LogP contribution in [0.25, 0.3) is 0 Å². The lowest BCUT2D eigenvalue weighted by Gasteiger charge is -2.40. The monoisotopic (exact) mass is 331 g/mol. The minimum atomic E-state index is -1.15. The molecule has 0 saturated heterocycles. The lowest BCUT2D eigenvalue weighted by atomic mass is 9.79. The number of carboxylic acid groups (broad SMARTS) is 1. The van der Waals surface area contributed by atoms with E-state index in [0.717, 1.165) is 12.1 Å². The Hall–Kier alpha value is -2.76. The van der Waals surface area contributed by atoms with E-state index in [0.29, 0.717) is 17.2 Å². The van der Waals surface area contributed by atoms with Gasteiger partial charge in [-0.3, -0.25) is 9.59 Å². The number of halogens is 2. The molecule has 2 unspecified atom stereocenters. The lowest BCUT2D eigenvalue weighted by Crippen LogP contribution is -2.44. The van der Waals surface area contributed by atoms with E-state index in [4.69, 9.17) is 0 Å². The summed E-state index contributed by atoms with van der Waals surface area (Å²) in [5.74, 6) is -4.21. The number of carboxylic acids is 1. The number of amides is 1. The molecule has 0 radical (unpaired) electrons. The Morgan fingerprint density at radius 2 is 1.79 bits per heavy atom. The van der Waals surface area contributed by atoms with Gasteiger partial charge in [0.05, 0.1) is 6.04 Å². The van der Waals surface area contributed by atoms with E-state index in [-0.39, 0.29) is 18.0 Å². The Bertz CT molecular complexity index is 801. The van der Waals surface area contributed by atoms with Gasteiger partial charge in [0.2, 0.25) is 0 Å². The van der Waals surface area contributed by atoms with Gasteiger partial charge in [0, 0.05) is 18.2 Å². The van der Waals surface area contributed by atoms with Crippen molar-refractivity contribution in [2.24, 2.45) is 0 Å². The summed E-state index contributed by atoms with van der Waals surface area (Å²) in [5, 5.41) is 9.73. The van der Waals surface area contributed by atoms with Crippen molar-refractivity contribution in [2.45, 2.75) is 18.9 Å². The maximum absolute atomic E-state index is 13.6. The first-order valence-electron chi connectivity index (χ1n) is 7.52. The molecule has 1 aliphatic heterocycles. The molecule has 2 aromatic carbocycles. The molecule has 3 rings (SSSR count). The van der Waals surface area contributed by atoms with Gasteiger partial charge in [0.25, 0.3) is 5.91 Å². The summed E-state index contributed by atoms with van der Waals surface area (Å²) >= 11 is 0. The second kappa shape index (κ2) is 6.03. The third kappa shape index (κ3) is 2.54. The van der Waals surface area contributed by atoms with Crippen LogP contribution in [-0.2, 0) is 4.79 Å². The van der Waals surface area contributed by atoms with Gasteiger partial charge in [0.1, 0.15) is 17.6 Å². The van der Waals surface area contributed by atoms with Crippen molar-refractivity contribution in [3.8, 4) is 0 Å². The molecular formula is C18H15F2NO3. The Morgan fingerprint density at radius 1 is 1.17 bits per heavy atom. The van der Waals surface area contributed by atoms with E-state index >= 15 is 0 Å². The molecule has 0 fully saturated rings. The Balaban J connectivity index is 2.25. The second-order valence-corrected chi connectivity index (χ2v) is 5.64. The highest BCUT2D eigenvalue weighted by atomic mass is 19.1. The second-order valence-electron chi connectivity index (χ2n) is 5.64. The molecular weight excluding hydrogens is 316 g/mol. The zero-order chi connectivity index (χ0) is 17.4. The van der Waals surface area contributed by atoms with E-state index in [2.05, 4.69) is 0 Å². The number of carbonyl (C=O) groups is 2. The molecule has 0 bridgehead atoms. The van der Waals surface area contributed by atoms with E-state index in [1.165, 1.54) is 4.90 Å². The minimum absolute atomic E-state index is 0.129. The lowest BCUT2D eigenvalue weighted by molar-refractivity contribution is -0.140. The molecule has 2 atom stereocenters. The molecule has 0 spiro atoms. The van der Waals surface area contributed by atoms with Crippen LogP contribution in [0.15, 0.2) is 42.5 Å². The standard InChI is InChI=1S/C18H15F2NO3/c1-2-21-16(10-7-11(19)9-12(20)8-10)15(18(23)24)13-5-3-4-6-14(13)17(21)22/h3-9,15-16H,2H2,1H3,(H,23,24). The highest BCUT2D eigenvalue weighted by Crippen LogP contribution is 2.42. The summed E-state index contributed by atoms with van der Waals surface area (Å²) < 4.78 is 27.3. The summed E-state index contributed by atoms with van der Waals surface area (Å²) in [6.45, 7) is 1.92. The van der Waals surface area contributed by atoms with Crippen molar-refractivity contribution < 1.29 is 23.5 Å². The van der Waals surface area contributed by atoms with Crippen LogP contribution in [0.5, 0.6) is 0 Å². The van der Waals surface area contributed by atoms with Crippen LogP contribution in [0.3, 0.4) is 0 Å². The molecule has 0 aliphatic carbocycles. The normalized spacial score (nSPS) is 20.0. The molecule has 2 aromatic rings. The van der Waals surface area contributed by atoms with Gasteiger partial charge < -0.3 is 10.0 Å². The van der Waals surface area contributed by atoms with Gasteiger partial charge in [-0.1, -0.05) is 18.2 Å². The minimum Gasteiger partial charge on any atom is -0.481 e. The van der Waals surface area contributed by atoms with Crippen LogP contribution in [0.1, 0.15) is 40.4 Å². The molecule has 124 valence electrons. The van der Waals surface area contributed by atoms with Gasteiger partial charge in [-0.15, -0.1) is 0 Å². The molecule has 1 amide bonds. The van der Waals surface area contributed by atoms with Gasteiger partial charge in [-0.2, -0.15) is 0 Å². The summed E-state index contributed by atoms with van der Waals surface area (Å²) in [6, 6.07) is 8.34. The number of likely N-dealkylation sites (N-methyl/N-ethyl adjacent to an activating group) is 1. The molecule has 4 nitrogen and oxygen atoms in total. The highest BCUT2D eigenvalue weighted by molar-refractivity contribution is 6.00. The van der Waals surface area contributed by atoms with E-state index in [9.17, 15) is 23.5 Å². The van der Waals surface area contributed by atoms with Crippen LogP contribution < -0.4 is 0 Å². The average Bonchev–Trinajstić information content (AvgIpc) is 2.53. The van der Waals surface area contributed by atoms with Crippen molar-refractivity contribution in [3.05, 3.63) is 70.8 Å². The molecule has 1 N–H and O–H groups in total. The van der Waals surface area contributed by atoms with Crippen molar-refractivity contribution in [1.82, 2.24) is 4.90 Å². The maximum atomic E-state index is 13.6. The zero-order valence-corrected chi connectivity index (χ0v) is 12.9. The number of carbonyl (C=O) groups excluding carboxylic acids is 1. The Labute approximate surface area is 137 Å². The predicted molar refractivity (Wildman–Crippen MR) is 82.6 cm³/mol. The first-order chi connectivity index (χ1) is 11.4. The fourth-order valence-corrected chi connectivity index (χ4v) is 3.32. The first kappa shape index (κ1) is 16.1. The van der Waals surface area contributed by atoms with Crippen molar-refractivity contribution in [2.75, 3.05) is 6.54 Å². The molecule has 1 heterocycles. The number of fused-ring (bicyclic) bond motifs is 1. The highest BCUT2D eigenvalue weighted by Gasteiger charge is 2.43. The molecule has 0 saturated carbocycles. The van der Waals surface area contributed by atoms with Crippen molar-refractivity contribution in [3.63, 3.8) is 0 Å². The van der Waals surface area contributed by atoms with E-state index < -0.39 is 29.6 Å². The van der Waals surface area contributed by atoms with Crippen molar-refractivity contribution in [1.29, 1.82) is 0 Å². The summed E-state index contributed by atoms with van der Waals surface area (Å²) in [6.07, 6.45) is 0. The zero-order valence-electron chi connectivity index (χ0n) is 12.9. The number of hydrogen-bond acceptors (Lipinski definition) is 2. The predicted octanol–water partition coefficient (Wildman–Crippen LogP) is 3.35. The molecule has 0 aromatic heterocycles. The third-order valence-corrected chi connectivity index (χ3v) is 4.27. The van der Waals surface area contributed by atoms with Gasteiger partial charge in [-0.05, 0) is 36.2 Å². The number of hydrogen-bond donors (Lipinski definition) is 1. The molecule has 24 heavy (non-hydrogen) atoms. The average molecular weight is 331 g/mol. The fraction of sp³-hybridized carbons (Fsp3) is 0.222. The maximum Gasteiger partial charge on any atom is 0.313 e. The van der Waals surface area contributed by atoms with Crippen LogP contribution in [0.4, 0.5) is 8.78 Å². The third-order valence-electron chi connectivity index (χ3n) is 4.27. The summed E-state index contributed by atoms with van der Waals surface area (Å²) in [4.78, 5) is 26.0. The summed E-state index contributed by atoms with van der Waals surface area (Å²) in [7, 11) is 0. The number of rotatable bonds is 3. The first-order valence-corrected chi connectivity index (χ1v) is 7.52. The smallest absolute Gasteiger partial charge is 0.313 e. The summed E-state index contributed by atoms with van der Waals surface area (Å²) in [5.41, 5.74) is 0.791. The SMILES string of the molecule is CCN1C(=O)c2ccccc2C(C(=O)O)C1c1cc(F)cc(F)c1. The van der Waals surface area contributed by atoms with Crippen LogP contribution >= 0.6 is 0 Å². The quantitative estimate of drug-likeness (QED) is 0.938. The number of nitrogens with zero attached hydrogens (tertiary/aromatic N) is 1. The van der Waals surface area contributed by atoms with Crippen LogP contribution in [-0.4, -0.2) is 28.4 Å². The fourth-order valence-electron chi connectivity index (χ4n) is 3.32. The number of benzene rings is 2. The Kier molecular flexibility index (Phi) is 4.05. The topological polar surface area (TPSA) is 57.6 Å². The van der Waals surface area contributed by atoms with Crippen LogP contribution in [0.2, 0.25) is 0 Å². The van der Waals surface area contributed by atoms with Gasteiger partial charge in [0.15, 0.2) is 0 Å². The van der Waals surface area contributed by atoms with E-state index in [1.54, 1.807) is 31.2 Å². The number of aliphatic carboxylic acids is 1. The van der Waals surface area contributed by atoms with E-state index in [1.807, 2.05) is 0 Å². The van der Waals surface area contributed by atoms with Gasteiger partial charge >= 0.3 is 5.97 Å².